The maximum atomic E-state index is 13.0. The number of ether oxygens (including phenoxy) is 2. The fourth-order valence-corrected chi connectivity index (χ4v) is 3.56. The average molecular weight is 381 g/mol. The summed E-state index contributed by atoms with van der Waals surface area (Å²) in [5, 5.41) is 6.78. The molecule has 4 rings (SSSR count). The fraction of sp³-hybridized carbons (Fsp3) is 0.250. The third-order valence-corrected chi connectivity index (χ3v) is 4.76. The second-order valence-corrected chi connectivity index (χ2v) is 6.70. The normalized spacial score (nSPS) is 17.9. The van der Waals surface area contributed by atoms with E-state index in [9.17, 15) is 4.79 Å². The van der Waals surface area contributed by atoms with Gasteiger partial charge in [0.25, 0.3) is 0 Å². The Kier molecular flexibility index (Phi) is 4.87. The van der Waals surface area contributed by atoms with E-state index in [0.29, 0.717) is 41.0 Å². The van der Waals surface area contributed by atoms with Crippen LogP contribution in [0.25, 0.3) is 5.70 Å². The van der Waals surface area contributed by atoms with Crippen LogP contribution >= 0.6 is 12.2 Å². The van der Waals surface area contributed by atoms with E-state index in [2.05, 4.69) is 15.6 Å². The summed E-state index contributed by atoms with van der Waals surface area (Å²) >= 11 is 5.37. The molecule has 0 spiro atoms. The molecule has 7 heteroatoms. The number of rotatable bonds is 6. The SMILES string of the molecule is COCCCOc1cccc(C2NC(=S)NC3=C2C(=O)c2ccccc23)n1. The Morgan fingerprint density at radius 2 is 1.93 bits per heavy atom. The van der Waals surface area contributed by atoms with Gasteiger partial charge in [-0.3, -0.25) is 4.79 Å². The molecule has 0 bridgehead atoms. The quantitative estimate of drug-likeness (QED) is 0.589. The molecule has 1 atom stereocenters. The van der Waals surface area contributed by atoms with Crippen molar-refractivity contribution in [1.29, 1.82) is 0 Å². The molecule has 2 aromatic rings. The van der Waals surface area contributed by atoms with E-state index in [4.69, 9.17) is 21.7 Å². The second kappa shape index (κ2) is 7.46. The predicted molar refractivity (Wildman–Crippen MR) is 106 cm³/mol. The van der Waals surface area contributed by atoms with E-state index in [-0.39, 0.29) is 5.78 Å². The van der Waals surface area contributed by atoms with E-state index in [1.165, 1.54) is 0 Å². The molecule has 0 saturated carbocycles. The maximum absolute atomic E-state index is 13.0. The number of nitrogens with one attached hydrogen (secondary N) is 2. The van der Waals surface area contributed by atoms with Gasteiger partial charge in [-0.1, -0.05) is 30.3 Å². The smallest absolute Gasteiger partial charge is 0.213 e. The van der Waals surface area contributed by atoms with Crippen LogP contribution in [-0.4, -0.2) is 36.2 Å². The molecule has 1 aliphatic carbocycles. The predicted octanol–water partition coefficient (Wildman–Crippen LogP) is 2.62. The van der Waals surface area contributed by atoms with Crippen molar-refractivity contribution >= 4 is 28.8 Å². The van der Waals surface area contributed by atoms with E-state index >= 15 is 0 Å². The largest absolute Gasteiger partial charge is 0.478 e. The Labute approximate surface area is 162 Å². The number of fused-ring (bicyclic) bond motifs is 2. The number of pyridine rings is 1. The first-order valence-electron chi connectivity index (χ1n) is 8.73. The number of aromatic nitrogens is 1. The lowest BCUT2D eigenvalue weighted by molar-refractivity contribution is 0.103. The molecule has 0 saturated heterocycles. The molecule has 0 fully saturated rings. The molecule has 1 unspecified atom stereocenters. The molecule has 6 nitrogen and oxygen atoms in total. The van der Waals surface area contributed by atoms with E-state index in [1.54, 1.807) is 13.2 Å². The van der Waals surface area contributed by atoms with E-state index in [1.807, 2.05) is 36.4 Å². The monoisotopic (exact) mass is 381 g/mol. The molecule has 1 aliphatic heterocycles. The van der Waals surface area contributed by atoms with Crippen LogP contribution in [-0.2, 0) is 4.74 Å². The highest BCUT2D eigenvalue weighted by atomic mass is 32.1. The van der Waals surface area contributed by atoms with Crippen LogP contribution in [0.3, 0.4) is 0 Å². The van der Waals surface area contributed by atoms with Crippen molar-refractivity contribution in [2.45, 2.75) is 12.5 Å². The summed E-state index contributed by atoms with van der Waals surface area (Å²) in [6.07, 6.45) is 0.779. The standard InChI is InChI=1S/C20H19N3O3S/c1-25-10-5-11-26-15-9-4-8-14(21-15)18-16-17(22-20(27)23-18)12-6-2-3-7-13(12)19(16)24/h2-4,6-9,18H,5,10-11H2,1H3,(H2,22,23,27). The minimum Gasteiger partial charge on any atom is -0.478 e. The molecule has 27 heavy (non-hydrogen) atoms. The van der Waals surface area contributed by atoms with Gasteiger partial charge < -0.3 is 20.1 Å². The van der Waals surface area contributed by atoms with Crippen LogP contribution in [0.2, 0.25) is 0 Å². The van der Waals surface area contributed by atoms with Crippen molar-refractivity contribution in [3.05, 3.63) is 64.9 Å². The number of nitrogens with zero attached hydrogens (tertiary/aromatic N) is 1. The lowest BCUT2D eigenvalue weighted by Crippen LogP contribution is -2.43. The molecule has 138 valence electrons. The third kappa shape index (κ3) is 3.31. The number of methoxy groups -OCH3 is 1. The number of carbonyl (C=O) groups excluding carboxylic acids is 1. The number of hydrogen-bond donors (Lipinski definition) is 2. The van der Waals surface area contributed by atoms with Gasteiger partial charge in [-0.05, 0) is 18.3 Å². The lowest BCUT2D eigenvalue weighted by atomic mass is 9.98. The summed E-state index contributed by atoms with van der Waals surface area (Å²) in [6.45, 7) is 1.15. The number of hydrogen-bond acceptors (Lipinski definition) is 5. The first-order valence-corrected chi connectivity index (χ1v) is 9.14. The van der Waals surface area contributed by atoms with Crippen molar-refractivity contribution in [3.8, 4) is 5.88 Å². The first-order chi connectivity index (χ1) is 13.2. The average Bonchev–Trinajstić information content (AvgIpc) is 2.97. The highest BCUT2D eigenvalue weighted by molar-refractivity contribution is 7.80. The topological polar surface area (TPSA) is 72.5 Å². The zero-order valence-corrected chi connectivity index (χ0v) is 15.6. The van der Waals surface area contributed by atoms with Crippen molar-refractivity contribution < 1.29 is 14.3 Å². The molecule has 0 amide bonds. The summed E-state index contributed by atoms with van der Waals surface area (Å²) in [5.41, 5.74) is 3.64. The van der Waals surface area contributed by atoms with E-state index in [0.717, 1.165) is 17.7 Å². The number of Topliss-reactive ketones (excluding diaryl/α,β-unsaturated/α-hetero) is 1. The van der Waals surface area contributed by atoms with Crippen LogP contribution in [0.4, 0.5) is 0 Å². The summed E-state index contributed by atoms with van der Waals surface area (Å²) < 4.78 is 10.7. The Morgan fingerprint density at radius 3 is 2.74 bits per heavy atom. The van der Waals surface area contributed by atoms with Gasteiger partial charge in [-0.25, -0.2) is 4.98 Å². The molecule has 2 heterocycles. The van der Waals surface area contributed by atoms with Gasteiger partial charge in [-0.2, -0.15) is 0 Å². The van der Waals surface area contributed by atoms with Gasteiger partial charge >= 0.3 is 0 Å². The minimum atomic E-state index is -0.420. The van der Waals surface area contributed by atoms with Crippen LogP contribution in [0.15, 0.2) is 48.0 Å². The van der Waals surface area contributed by atoms with Crippen molar-refractivity contribution in [1.82, 2.24) is 15.6 Å². The zero-order chi connectivity index (χ0) is 18.8. The molecule has 1 aromatic heterocycles. The molecule has 1 aromatic carbocycles. The van der Waals surface area contributed by atoms with Gasteiger partial charge in [0.15, 0.2) is 10.9 Å². The lowest BCUT2D eigenvalue weighted by Gasteiger charge is -2.27. The highest BCUT2D eigenvalue weighted by Crippen LogP contribution is 2.39. The van der Waals surface area contributed by atoms with Crippen LogP contribution in [0, 0.1) is 0 Å². The summed E-state index contributed by atoms with van der Waals surface area (Å²) in [5.74, 6) is 0.501. The fourth-order valence-electron chi connectivity index (χ4n) is 3.34. The molecular weight excluding hydrogens is 362 g/mol. The Balaban J connectivity index is 1.65. The van der Waals surface area contributed by atoms with Crippen LogP contribution < -0.4 is 15.4 Å². The van der Waals surface area contributed by atoms with E-state index < -0.39 is 6.04 Å². The maximum Gasteiger partial charge on any atom is 0.213 e. The Hall–Kier alpha value is -2.77. The Bertz CT molecular complexity index is 942. The number of carbonyl (C=O) groups is 1. The molecule has 0 radical (unpaired) electrons. The molecule has 2 N–H and O–H groups in total. The van der Waals surface area contributed by atoms with Crippen molar-refractivity contribution in [2.75, 3.05) is 20.3 Å². The molecular formula is C20H19N3O3S. The van der Waals surface area contributed by atoms with Gasteiger partial charge in [0.1, 0.15) is 6.04 Å². The molecule has 2 aliphatic rings. The number of thiocarbonyl (C=S) groups is 1. The number of benzene rings is 1. The van der Waals surface area contributed by atoms with Gasteiger partial charge in [0.05, 0.1) is 23.6 Å². The zero-order valence-electron chi connectivity index (χ0n) is 14.8. The van der Waals surface area contributed by atoms with Gasteiger partial charge in [0, 0.05) is 37.3 Å². The van der Waals surface area contributed by atoms with Gasteiger partial charge in [-0.15, -0.1) is 0 Å². The van der Waals surface area contributed by atoms with Gasteiger partial charge in [0.2, 0.25) is 5.88 Å². The number of ketones is 1. The van der Waals surface area contributed by atoms with Crippen molar-refractivity contribution in [3.63, 3.8) is 0 Å². The first kappa shape index (κ1) is 17.6. The van der Waals surface area contributed by atoms with Crippen LogP contribution in [0.5, 0.6) is 5.88 Å². The summed E-state index contributed by atoms with van der Waals surface area (Å²) in [4.78, 5) is 17.6. The summed E-state index contributed by atoms with van der Waals surface area (Å²) in [7, 11) is 1.66. The van der Waals surface area contributed by atoms with Crippen molar-refractivity contribution in [2.24, 2.45) is 0 Å². The second-order valence-electron chi connectivity index (χ2n) is 6.29. The highest BCUT2D eigenvalue weighted by Gasteiger charge is 2.39. The summed E-state index contributed by atoms with van der Waals surface area (Å²) in [6, 6.07) is 12.7. The van der Waals surface area contributed by atoms with Crippen LogP contribution in [0.1, 0.15) is 34.1 Å². The minimum absolute atomic E-state index is 0.0127. The third-order valence-electron chi connectivity index (χ3n) is 4.54. The Morgan fingerprint density at radius 1 is 1.11 bits per heavy atom.